The molecule has 2 aromatic carbocycles. The van der Waals surface area contributed by atoms with Crippen molar-refractivity contribution in [3.05, 3.63) is 58.6 Å². The smallest absolute Gasteiger partial charge is 0.261 e. The number of benzene rings is 2. The number of morpholine rings is 1. The average molecular weight is 496 g/mol. The molecular weight excluding hydrogens is 474 g/mol. The van der Waals surface area contributed by atoms with Crippen molar-refractivity contribution in [1.82, 2.24) is 10.2 Å². The molecule has 0 radical (unpaired) electrons. The molecule has 2 aromatic rings. The SMILES string of the molecule is CC(NC(=O)c1cccc(S(=O)(=O)Nc2ccc(Br)cc2)c1)C(=O)N1CCOCC1. The van der Waals surface area contributed by atoms with Gasteiger partial charge in [-0.05, 0) is 49.4 Å². The van der Waals surface area contributed by atoms with Gasteiger partial charge in [0, 0.05) is 28.8 Å². The minimum atomic E-state index is -3.88. The number of amides is 2. The Labute approximate surface area is 183 Å². The van der Waals surface area contributed by atoms with Gasteiger partial charge in [0.1, 0.15) is 6.04 Å². The van der Waals surface area contributed by atoms with E-state index < -0.39 is 22.0 Å². The lowest BCUT2D eigenvalue weighted by Crippen LogP contribution is -2.50. The summed E-state index contributed by atoms with van der Waals surface area (Å²) in [6, 6.07) is 11.6. The van der Waals surface area contributed by atoms with Crippen LogP contribution in [0.2, 0.25) is 0 Å². The summed E-state index contributed by atoms with van der Waals surface area (Å²) >= 11 is 3.30. The number of rotatable bonds is 6. The average Bonchev–Trinajstić information content (AvgIpc) is 2.75. The van der Waals surface area contributed by atoms with Crippen LogP contribution in [0.3, 0.4) is 0 Å². The molecule has 2 amide bonds. The van der Waals surface area contributed by atoms with Crippen molar-refractivity contribution in [3.63, 3.8) is 0 Å². The van der Waals surface area contributed by atoms with Crippen molar-refractivity contribution < 1.29 is 22.7 Å². The summed E-state index contributed by atoms with van der Waals surface area (Å²) in [5.74, 6) is -0.725. The van der Waals surface area contributed by atoms with Gasteiger partial charge in [0.2, 0.25) is 5.91 Å². The largest absolute Gasteiger partial charge is 0.378 e. The van der Waals surface area contributed by atoms with Crippen molar-refractivity contribution in [3.8, 4) is 0 Å². The summed E-state index contributed by atoms with van der Waals surface area (Å²) in [7, 11) is -3.88. The Hall–Kier alpha value is -2.43. The van der Waals surface area contributed by atoms with E-state index in [2.05, 4.69) is 26.0 Å². The highest BCUT2D eigenvalue weighted by atomic mass is 79.9. The maximum absolute atomic E-state index is 12.7. The van der Waals surface area contributed by atoms with Gasteiger partial charge in [-0.2, -0.15) is 0 Å². The summed E-state index contributed by atoms with van der Waals surface area (Å²) < 4.78 is 33.9. The lowest BCUT2D eigenvalue weighted by Gasteiger charge is -2.29. The van der Waals surface area contributed by atoms with Gasteiger partial charge in [0.25, 0.3) is 15.9 Å². The van der Waals surface area contributed by atoms with Crippen LogP contribution >= 0.6 is 15.9 Å². The third-order valence-electron chi connectivity index (χ3n) is 4.54. The summed E-state index contributed by atoms with van der Waals surface area (Å²) in [6.07, 6.45) is 0. The Balaban J connectivity index is 1.69. The molecule has 1 aliphatic heterocycles. The van der Waals surface area contributed by atoms with Crippen molar-refractivity contribution in [2.24, 2.45) is 0 Å². The highest BCUT2D eigenvalue weighted by molar-refractivity contribution is 9.10. The molecule has 0 bridgehead atoms. The zero-order valence-corrected chi connectivity index (χ0v) is 18.7. The number of hydrogen-bond donors (Lipinski definition) is 2. The molecule has 1 atom stereocenters. The molecule has 8 nitrogen and oxygen atoms in total. The molecule has 0 aromatic heterocycles. The highest BCUT2D eigenvalue weighted by Gasteiger charge is 2.24. The molecule has 0 aliphatic carbocycles. The fourth-order valence-electron chi connectivity index (χ4n) is 2.94. The molecule has 30 heavy (non-hydrogen) atoms. The number of halogens is 1. The fraction of sp³-hybridized carbons (Fsp3) is 0.300. The van der Waals surface area contributed by atoms with E-state index in [0.717, 1.165) is 4.47 Å². The van der Waals surface area contributed by atoms with E-state index in [1.807, 2.05) is 0 Å². The van der Waals surface area contributed by atoms with Gasteiger partial charge in [-0.25, -0.2) is 8.42 Å². The second-order valence-electron chi connectivity index (χ2n) is 6.77. The second-order valence-corrected chi connectivity index (χ2v) is 9.37. The molecule has 1 fully saturated rings. The Bertz CT molecular complexity index is 1020. The number of sulfonamides is 1. The van der Waals surface area contributed by atoms with E-state index >= 15 is 0 Å². The molecule has 2 N–H and O–H groups in total. The summed E-state index contributed by atoms with van der Waals surface area (Å²) in [6.45, 7) is 3.50. The van der Waals surface area contributed by atoms with E-state index in [9.17, 15) is 18.0 Å². The third-order valence-corrected chi connectivity index (χ3v) is 6.45. The molecule has 10 heteroatoms. The second kappa shape index (κ2) is 9.59. The molecule has 1 saturated heterocycles. The van der Waals surface area contributed by atoms with E-state index in [1.165, 1.54) is 24.3 Å². The number of anilines is 1. The molecule has 0 spiro atoms. The number of carbonyl (C=O) groups is 2. The maximum atomic E-state index is 12.7. The van der Waals surface area contributed by atoms with Crippen molar-refractivity contribution in [1.29, 1.82) is 0 Å². The lowest BCUT2D eigenvalue weighted by atomic mass is 10.2. The van der Waals surface area contributed by atoms with Crippen LogP contribution in [0.5, 0.6) is 0 Å². The van der Waals surface area contributed by atoms with Crippen molar-refractivity contribution >= 4 is 43.5 Å². The number of nitrogens with one attached hydrogen (secondary N) is 2. The minimum absolute atomic E-state index is 0.0507. The fourth-order valence-corrected chi connectivity index (χ4v) is 4.30. The van der Waals surface area contributed by atoms with Crippen LogP contribution in [0.4, 0.5) is 5.69 Å². The minimum Gasteiger partial charge on any atom is -0.378 e. The first kappa shape index (κ1) is 22.3. The third kappa shape index (κ3) is 5.59. The van der Waals surface area contributed by atoms with Crippen LogP contribution in [0.1, 0.15) is 17.3 Å². The van der Waals surface area contributed by atoms with Crippen molar-refractivity contribution in [2.45, 2.75) is 17.9 Å². The number of ether oxygens (including phenoxy) is 1. The zero-order valence-electron chi connectivity index (χ0n) is 16.3. The van der Waals surface area contributed by atoms with Crippen LogP contribution in [-0.4, -0.2) is 57.5 Å². The Kier molecular flexibility index (Phi) is 7.11. The quantitative estimate of drug-likeness (QED) is 0.639. The van der Waals surface area contributed by atoms with Crippen LogP contribution in [0, 0.1) is 0 Å². The standard InChI is InChI=1S/C20H22BrN3O5S/c1-14(20(26)24-9-11-29-12-10-24)22-19(25)15-3-2-4-18(13-15)30(27,28)23-17-7-5-16(21)6-8-17/h2-8,13-14,23H,9-12H2,1H3,(H,22,25). The monoisotopic (exact) mass is 495 g/mol. The van der Waals surface area contributed by atoms with Crippen LogP contribution in [0.25, 0.3) is 0 Å². The molecule has 1 unspecified atom stereocenters. The van der Waals surface area contributed by atoms with Gasteiger partial charge >= 0.3 is 0 Å². The van der Waals surface area contributed by atoms with Crippen LogP contribution in [0.15, 0.2) is 57.9 Å². The predicted octanol–water partition coefficient (Wildman–Crippen LogP) is 2.23. The van der Waals surface area contributed by atoms with Gasteiger partial charge in [0.05, 0.1) is 18.1 Å². The van der Waals surface area contributed by atoms with Gasteiger partial charge < -0.3 is 15.0 Å². The molecular formula is C20H22BrN3O5S. The molecule has 1 aliphatic rings. The van der Waals surface area contributed by atoms with Crippen molar-refractivity contribution in [2.75, 3.05) is 31.0 Å². The maximum Gasteiger partial charge on any atom is 0.261 e. The summed E-state index contributed by atoms with van der Waals surface area (Å²) in [5, 5.41) is 2.64. The highest BCUT2D eigenvalue weighted by Crippen LogP contribution is 2.19. The van der Waals surface area contributed by atoms with E-state index in [1.54, 1.807) is 36.1 Å². The molecule has 3 rings (SSSR count). The van der Waals surface area contributed by atoms with Crippen LogP contribution < -0.4 is 10.0 Å². The topological polar surface area (TPSA) is 105 Å². The van der Waals surface area contributed by atoms with E-state index in [0.29, 0.717) is 32.0 Å². The van der Waals surface area contributed by atoms with E-state index in [-0.39, 0.29) is 16.4 Å². The van der Waals surface area contributed by atoms with Gasteiger partial charge in [0.15, 0.2) is 0 Å². The number of carbonyl (C=O) groups excluding carboxylic acids is 2. The lowest BCUT2D eigenvalue weighted by molar-refractivity contribution is -0.136. The van der Waals surface area contributed by atoms with Crippen LogP contribution in [-0.2, 0) is 19.6 Å². The Morgan fingerprint density at radius 1 is 1.10 bits per heavy atom. The Morgan fingerprint density at radius 3 is 2.43 bits per heavy atom. The Morgan fingerprint density at radius 2 is 1.77 bits per heavy atom. The molecule has 160 valence electrons. The van der Waals surface area contributed by atoms with Gasteiger partial charge in [-0.3, -0.25) is 14.3 Å². The first-order valence-corrected chi connectivity index (χ1v) is 11.6. The predicted molar refractivity (Wildman–Crippen MR) is 116 cm³/mol. The summed E-state index contributed by atoms with van der Waals surface area (Å²) in [4.78, 5) is 26.6. The van der Waals surface area contributed by atoms with Gasteiger partial charge in [-0.15, -0.1) is 0 Å². The van der Waals surface area contributed by atoms with E-state index in [4.69, 9.17) is 4.74 Å². The normalized spacial score (nSPS) is 15.3. The zero-order chi connectivity index (χ0) is 21.7. The first-order chi connectivity index (χ1) is 14.3. The summed E-state index contributed by atoms with van der Waals surface area (Å²) in [5.41, 5.74) is 0.549. The molecule has 1 heterocycles. The first-order valence-electron chi connectivity index (χ1n) is 9.32. The number of nitrogens with zero attached hydrogens (tertiary/aromatic N) is 1. The molecule has 0 saturated carbocycles. The van der Waals surface area contributed by atoms with Gasteiger partial charge in [-0.1, -0.05) is 22.0 Å². The number of hydrogen-bond acceptors (Lipinski definition) is 5.